The summed E-state index contributed by atoms with van der Waals surface area (Å²) in [6, 6.07) is 17.8. The molecule has 1 fully saturated rings. The molecule has 0 aliphatic carbocycles. The molecular formula is C30H28F3N5O2. The Morgan fingerprint density at radius 2 is 1.82 bits per heavy atom. The number of fused-ring (bicyclic) bond motifs is 1. The third-order valence-corrected chi connectivity index (χ3v) is 7.49. The number of benzene rings is 3. The molecule has 4 aromatic rings. The Bertz CT molecular complexity index is 1580. The molecule has 0 N–H and O–H groups in total. The van der Waals surface area contributed by atoms with Gasteiger partial charge in [-0.15, -0.1) is 10.2 Å². The molecule has 40 heavy (non-hydrogen) atoms. The summed E-state index contributed by atoms with van der Waals surface area (Å²) in [5, 5.41) is 8.21. The molecule has 0 spiro atoms. The van der Waals surface area contributed by atoms with Gasteiger partial charge in [0.1, 0.15) is 6.33 Å². The zero-order chi connectivity index (χ0) is 28.0. The first-order chi connectivity index (χ1) is 19.2. The van der Waals surface area contributed by atoms with Crippen LogP contribution in [-0.4, -0.2) is 51.4 Å². The van der Waals surface area contributed by atoms with E-state index in [0.29, 0.717) is 43.3 Å². The average molecular weight is 548 g/mol. The minimum Gasteiger partial charge on any atom is -0.376 e. The predicted octanol–water partition coefficient (Wildman–Crippen LogP) is 5.55. The number of nitrogens with zero attached hydrogens (tertiary/aromatic N) is 5. The molecule has 1 atom stereocenters. The molecule has 1 amide bonds. The zero-order valence-electron chi connectivity index (χ0n) is 22.2. The predicted molar refractivity (Wildman–Crippen MR) is 145 cm³/mol. The van der Waals surface area contributed by atoms with Crippen molar-refractivity contribution in [3.05, 3.63) is 89.2 Å². The van der Waals surface area contributed by atoms with Crippen LogP contribution < -0.4 is 4.90 Å². The Labute approximate surface area is 229 Å². The lowest BCUT2D eigenvalue weighted by Crippen LogP contribution is -2.40. The molecule has 7 nitrogen and oxygen atoms in total. The minimum atomic E-state index is -4.58. The standard InChI is InChI=1S/C30H28F3N5O2/c1-19-15-37(10-11-40-19)16-20-12-25-26(27(13-20)30(31,32)33)17-38(29(25)39)22-7-5-6-21(14-22)23-8-3-4-9-24(23)28-35-34-18-36(28)2/h3-9,12-14,18-19H,10-11,15-17H2,1-2H3/t19-/m0/s1. The largest absolute Gasteiger partial charge is 0.416 e. The Balaban J connectivity index is 1.35. The van der Waals surface area contributed by atoms with Gasteiger partial charge in [0.2, 0.25) is 0 Å². The van der Waals surface area contributed by atoms with Crippen LogP contribution in [0, 0.1) is 0 Å². The summed E-state index contributed by atoms with van der Waals surface area (Å²) < 4.78 is 50.1. The van der Waals surface area contributed by atoms with Gasteiger partial charge in [0, 0.05) is 43.5 Å². The number of rotatable bonds is 5. The third kappa shape index (κ3) is 4.89. The lowest BCUT2D eigenvalue weighted by molar-refractivity contribution is -0.138. The van der Waals surface area contributed by atoms with Crippen molar-refractivity contribution in [3.8, 4) is 22.5 Å². The van der Waals surface area contributed by atoms with Crippen molar-refractivity contribution in [2.45, 2.75) is 32.3 Å². The molecule has 10 heteroatoms. The fraction of sp³-hybridized carbons (Fsp3) is 0.300. The molecule has 1 aromatic heterocycles. The summed E-state index contributed by atoms with van der Waals surface area (Å²) in [4.78, 5) is 17.1. The van der Waals surface area contributed by atoms with Gasteiger partial charge in [-0.05, 0) is 53.4 Å². The number of ether oxygens (including phenoxy) is 1. The molecule has 3 heterocycles. The van der Waals surface area contributed by atoms with Gasteiger partial charge in [0.15, 0.2) is 5.82 Å². The number of halogens is 3. The number of hydrogen-bond acceptors (Lipinski definition) is 5. The van der Waals surface area contributed by atoms with Crippen molar-refractivity contribution in [2.24, 2.45) is 7.05 Å². The highest BCUT2D eigenvalue weighted by Gasteiger charge is 2.40. The van der Waals surface area contributed by atoms with E-state index < -0.39 is 17.6 Å². The van der Waals surface area contributed by atoms with Gasteiger partial charge in [-0.25, -0.2) is 0 Å². The van der Waals surface area contributed by atoms with E-state index >= 15 is 0 Å². The van der Waals surface area contributed by atoms with E-state index in [1.54, 1.807) is 18.5 Å². The number of morpholine rings is 1. The lowest BCUT2D eigenvalue weighted by Gasteiger charge is -2.31. The maximum atomic E-state index is 14.2. The van der Waals surface area contributed by atoms with Crippen LogP contribution >= 0.6 is 0 Å². The Kier molecular flexibility index (Phi) is 6.67. The Morgan fingerprint density at radius 1 is 1.02 bits per heavy atom. The van der Waals surface area contributed by atoms with Gasteiger partial charge in [-0.3, -0.25) is 9.69 Å². The number of alkyl halides is 3. The third-order valence-electron chi connectivity index (χ3n) is 7.49. The highest BCUT2D eigenvalue weighted by molar-refractivity contribution is 6.10. The second-order valence-electron chi connectivity index (χ2n) is 10.3. The van der Waals surface area contributed by atoms with Crippen LogP contribution in [0.5, 0.6) is 0 Å². The quantitative estimate of drug-likeness (QED) is 0.328. The number of aromatic nitrogens is 3. The summed E-state index contributed by atoms with van der Waals surface area (Å²) in [5.74, 6) is 0.249. The van der Waals surface area contributed by atoms with Gasteiger partial charge in [0.05, 0.1) is 24.8 Å². The van der Waals surface area contributed by atoms with Gasteiger partial charge in [-0.2, -0.15) is 13.2 Å². The van der Waals surface area contributed by atoms with Crippen LogP contribution in [-0.2, 0) is 31.1 Å². The Hall–Kier alpha value is -4.02. The molecule has 2 aliphatic rings. The van der Waals surface area contributed by atoms with E-state index in [0.717, 1.165) is 16.7 Å². The van der Waals surface area contributed by atoms with Crippen LogP contribution in [0.3, 0.4) is 0 Å². The summed E-state index contributed by atoms with van der Waals surface area (Å²) in [7, 11) is 1.86. The molecule has 6 rings (SSSR count). The maximum absolute atomic E-state index is 14.2. The highest BCUT2D eigenvalue weighted by Crippen LogP contribution is 2.41. The molecule has 0 unspecified atom stereocenters. The number of carbonyl (C=O) groups excluding carboxylic acids is 1. The summed E-state index contributed by atoms with van der Waals surface area (Å²) in [5.41, 5.74) is 2.93. The number of hydrogen-bond donors (Lipinski definition) is 0. The van der Waals surface area contributed by atoms with Crippen LogP contribution in [0.1, 0.15) is 34.0 Å². The average Bonchev–Trinajstić information content (AvgIpc) is 3.50. The van der Waals surface area contributed by atoms with E-state index in [4.69, 9.17) is 4.74 Å². The van der Waals surface area contributed by atoms with Crippen LogP contribution in [0.15, 0.2) is 67.0 Å². The number of amides is 1. The van der Waals surface area contributed by atoms with Gasteiger partial charge < -0.3 is 14.2 Å². The van der Waals surface area contributed by atoms with Crippen LogP contribution in [0.2, 0.25) is 0 Å². The zero-order valence-corrected chi connectivity index (χ0v) is 22.2. The molecule has 0 saturated carbocycles. The number of anilines is 1. The van der Waals surface area contributed by atoms with E-state index in [1.165, 1.54) is 11.0 Å². The monoisotopic (exact) mass is 547 g/mol. The van der Waals surface area contributed by atoms with Gasteiger partial charge >= 0.3 is 6.18 Å². The summed E-state index contributed by atoms with van der Waals surface area (Å²) in [6.07, 6.45) is -2.95. The molecule has 1 saturated heterocycles. The highest BCUT2D eigenvalue weighted by atomic mass is 19.4. The van der Waals surface area contributed by atoms with Gasteiger partial charge in [0.25, 0.3) is 5.91 Å². The van der Waals surface area contributed by atoms with E-state index in [2.05, 4.69) is 15.1 Å². The molecule has 0 radical (unpaired) electrons. The molecule has 2 aliphatic heterocycles. The normalized spacial score (nSPS) is 17.9. The van der Waals surface area contributed by atoms with Crippen molar-refractivity contribution < 1.29 is 22.7 Å². The summed E-state index contributed by atoms with van der Waals surface area (Å²) in [6.45, 7) is 3.91. The van der Waals surface area contributed by atoms with Crippen LogP contribution in [0.4, 0.5) is 18.9 Å². The SMILES string of the molecule is C[C@H]1CN(Cc2cc3c(c(C(F)(F)F)c2)CN(c2cccc(-c4ccccc4-c4nncn4C)c2)C3=O)CCO1. The first-order valence-corrected chi connectivity index (χ1v) is 13.1. The lowest BCUT2D eigenvalue weighted by atomic mass is 9.98. The fourth-order valence-corrected chi connectivity index (χ4v) is 5.61. The molecular weight excluding hydrogens is 519 g/mol. The van der Waals surface area contributed by atoms with Crippen LogP contribution in [0.25, 0.3) is 22.5 Å². The van der Waals surface area contributed by atoms with Crippen molar-refractivity contribution in [3.63, 3.8) is 0 Å². The molecule has 0 bridgehead atoms. The van der Waals surface area contributed by atoms with Crippen molar-refractivity contribution >= 4 is 11.6 Å². The van der Waals surface area contributed by atoms with E-state index in [9.17, 15) is 18.0 Å². The molecule has 3 aromatic carbocycles. The smallest absolute Gasteiger partial charge is 0.376 e. The van der Waals surface area contributed by atoms with E-state index in [-0.39, 0.29) is 23.8 Å². The minimum absolute atomic E-state index is 0.00783. The number of aryl methyl sites for hydroxylation is 1. The Morgan fingerprint density at radius 3 is 2.55 bits per heavy atom. The van der Waals surface area contributed by atoms with Crippen molar-refractivity contribution in [1.82, 2.24) is 19.7 Å². The second-order valence-corrected chi connectivity index (χ2v) is 10.3. The topological polar surface area (TPSA) is 63.5 Å². The number of carbonyl (C=O) groups is 1. The second kappa shape index (κ2) is 10.2. The van der Waals surface area contributed by atoms with Crippen molar-refractivity contribution in [1.29, 1.82) is 0 Å². The maximum Gasteiger partial charge on any atom is 0.416 e. The van der Waals surface area contributed by atoms with E-state index in [1.807, 2.05) is 61.0 Å². The van der Waals surface area contributed by atoms with Gasteiger partial charge in [-0.1, -0.05) is 36.4 Å². The van der Waals surface area contributed by atoms with Crippen molar-refractivity contribution in [2.75, 3.05) is 24.6 Å². The molecule has 206 valence electrons. The summed E-state index contributed by atoms with van der Waals surface area (Å²) >= 11 is 0. The first kappa shape index (κ1) is 26.2. The first-order valence-electron chi connectivity index (χ1n) is 13.1. The fourth-order valence-electron chi connectivity index (χ4n) is 5.61.